The van der Waals surface area contributed by atoms with E-state index in [1.807, 2.05) is 0 Å². The van der Waals surface area contributed by atoms with Crippen molar-refractivity contribution in [1.82, 2.24) is 4.31 Å². The van der Waals surface area contributed by atoms with Crippen molar-refractivity contribution in [2.45, 2.75) is 24.7 Å². The van der Waals surface area contributed by atoms with Gasteiger partial charge in [0.15, 0.2) is 5.78 Å². The summed E-state index contributed by atoms with van der Waals surface area (Å²) in [5, 5.41) is 13.6. The summed E-state index contributed by atoms with van der Waals surface area (Å²) in [5.41, 5.74) is 0.905. The highest BCUT2D eigenvalue weighted by molar-refractivity contribution is 7.89. The van der Waals surface area contributed by atoms with E-state index in [0.29, 0.717) is 30.3 Å². The van der Waals surface area contributed by atoms with Crippen LogP contribution in [0.5, 0.6) is 0 Å². The van der Waals surface area contributed by atoms with Gasteiger partial charge in [-0.1, -0.05) is 6.92 Å². The van der Waals surface area contributed by atoms with E-state index in [4.69, 9.17) is 0 Å². The molecule has 2 aromatic carbocycles. The molecule has 9 heteroatoms. The summed E-state index contributed by atoms with van der Waals surface area (Å²) in [4.78, 5) is 22.6. The van der Waals surface area contributed by atoms with E-state index in [0.717, 1.165) is 12.8 Å². The number of ketones is 1. The third-order valence-electron chi connectivity index (χ3n) is 4.97. The molecule has 29 heavy (non-hydrogen) atoms. The lowest BCUT2D eigenvalue weighted by molar-refractivity contribution is -0.384. The van der Waals surface area contributed by atoms with Crippen molar-refractivity contribution in [3.8, 4) is 0 Å². The van der Waals surface area contributed by atoms with Gasteiger partial charge in [0.1, 0.15) is 0 Å². The second-order valence-corrected chi connectivity index (χ2v) is 9.15. The molecule has 0 radical (unpaired) electrons. The van der Waals surface area contributed by atoms with Crippen LogP contribution in [0.3, 0.4) is 0 Å². The average molecular weight is 417 g/mol. The molecule has 1 heterocycles. The number of nitro benzene ring substituents is 1. The predicted molar refractivity (Wildman–Crippen MR) is 110 cm³/mol. The van der Waals surface area contributed by atoms with Gasteiger partial charge in [-0.2, -0.15) is 4.31 Å². The van der Waals surface area contributed by atoms with Crippen molar-refractivity contribution in [3.05, 3.63) is 64.2 Å². The van der Waals surface area contributed by atoms with Gasteiger partial charge in [0.25, 0.3) is 5.69 Å². The minimum absolute atomic E-state index is 0.00640. The molecule has 1 atom stereocenters. The Morgan fingerprint density at radius 1 is 1.17 bits per heavy atom. The van der Waals surface area contributed by atoms with Crippen LogP contribution in [0.15, 0.2) is 53.4 Å². The van der Waals surface area contributed by atoms with E-state index in [1.54, 1.807) is 12.1 Å². The summed E-state index contributed by atoms with van der Waals surface area (Å²) in [7, 11) is -3.51. The van der Waals surface area contributed by atoms with Gasteiger partial charge in [-0.25, -0.2) is 8.42 Å². The predicted octanol–water partition coefficient (Wildman–Crippen LogP) is 3.31. The average Bonchev–Trinajstić information content (AvgIpc) is 2.72. The first-order valence-corrected chi connectivity index (χ1v) is 10.8. The lowest BCUT2D eigenvalue weighted by Gasteiger charge is -2.30. The summed E-state index contributed by atoms with van der Waals surface area (Å²) < 4.78 is 27.1. The second kappa shape index (κ2) is 8.71. The molecular formula is C20H23N3O5S. The van der Waals surface area contributed by atoms with E-state index < -0.39 is 14.9 Å². The topological polar surface area (TPSA) is 110 Å². The molecule has 2 aromatic rings. The Hall–Kier alpha value is -2.78. The summed E-state index contributed by atoms with van der Waals surface area (Å²) in [6, 6.07) is 11.7. The maximum Gasteiger partial charge on any atom is 0.269 e. The fraction of sp³-hybridized carbons (Fsp3) is 0.350. The van der Waals surface area contributed by atoms with Crippen molar-refractivity contribution >= 4 is 27.2 Å². The number of benzene rings is 2. The van der Waals surface area contributed by atoms with E-state index in [2.05, 4.69) is 12.2 Å². The number of non-ortho nitro benzene ring substituents is 1. The second-order valence-electron chi connectivity index (χ2n) is 7.22. The Morgan fingerprint density at radius 2 is 1.83 bits per heavy atom. The number of carbonyl (C=O) groups is 1. The van der Waals surface area contributed by atoms with Crippen molar-refractivity contribution in [3.63, 3.8) is 0 Å². The molecular weight excluding hydrogens is 394 g/mol. The number of nitrogens with zero attached hydrogens (tertiary/aromatic N) is 2. The van der Waals surface area contributed by atoms with Crippen molar-refractivity contribution in [2.75, 3.05) is 25.0 Å². The van der Waals surface area contributed by atoms with Gasteiger partial charge in [-0.05, 0) is 55.2 Å². The minimum atomic E-state index is -3.51. The molecule has 3 rings (SSSR count). The zero-order chi connectivity index (χ0) is 21.0. The molecule has 154 valence electrons. The van der Waals surface area contributed by atoms with E-state index in [1.165, 1.54) is 40.7 Å². The molecule has 1 aliphatic rings. The molecule has 0 spiro atoms. The molecule has 1 unspecified atom stereocenters. The SMILES string of the molecule is CC1CCCN(S(=O)(=O)c2ccc(NCC(=O)c3ccc([N+](=O)[O-])cc3)cc2)C1. The number of sulfonamides is 1. The lowest BCUT2D eigenvalue weighted by atomic mass is 10.0. The van der Waals surface area contributed by atoms with Crippen molar-refractivity contribution in [2.24, 2.45) is 5.92 Å². The monoisotopic (exact) mass is 417 g/mol. The van der Waals surface area contributed by atoms with Gasteiger partial charge in [0, 0.05) is 36.5 Å². The lowest BCUT2D eigenvalue weighted by Crippen LogP contribution is -2.39. The standard InChI is InChI=1S/C20H23N3O5S/c1-15-3-2-12-22(14-15)29(27,28)19-10-6-17(7-11-19)21-13-20(24)16-4-8-18(9-5-16)23(25)26/h4-11,15,21H,2-3,12-14H2,1H3. The summed E-state index contributed by atoms with van der Waals surface area (Å²) in [6.45, 7) is 3.12. The fourth-order valence-electron chi connectivity index (χ4n) is 3.31. The Balaban J connectivity index is 1.61. The first kappa shape index (κ1) is 20.9. The number of Topliss-reactive ketones (excluding diaryl/α,β-unsaturated/α-hetero) is 1. The number of rotatable bonds is 7. The smallest absolute Gasteiger partial charge is 0.269 e. The Kier molecular flexibility index (Phi) is 6.29. The van der Waals surface area contributed by atoms with Crippen LogP contribution in [-0.2, 0) is 10.0 Å². The zero-order valence-corrected chi connectivity index (χ0v) is 16.9. The Labute approximate surface area is 169 Å². The molecule has 1 saturated heterocycles. The van der Waals surface area contributed by atoms with Crippen LogP contribution < -0.4 is 5.32 Å². The summed E-state index contributed by atoms with van der Waals surface area (Å²) >= 11 is 0. The van der Waals surface area contributed by atoms with E-state index in [9.17, 15) is 23.3 Å². The van der Waals surface area contributed by atoms with Gasteiger partial charge >= 0.3 is 0 Å². The van der Waals surface area contributed by atoms with Crippen LogP contribution >= 0.6 is 0 Å². The van der Waals surface area contributed by atoms with Gasteiger partial charge < -0.3 is 5.32 Å². The maximum atomic E-state index is 12.8. The maximum absolute atomic E-state index is 12.8. The van der Waals surface area contributed by atoms with Crippen LogP contribution in [0.25, 0.3) is 0 Å². The third kappa shape index (κ3) is 4.99. The highest BCUT2D eigenvalue weighted by Crippen LogP contribution is 2.24. The largest absolute Gasteiger partial charge is 0.378 e. The molecule has 1 fully saturated rings. The van der Waals surface area contributed by atoms with Gasteiger partial charge in [-0.15, -0.1) is 0 Å². The minimum Gasteiger partial charge on any atom is -0.378 e. The molecule has 0 saturated carbocycles. The third-order valence-corrected chi connectivity index (χ3v) is 6.84. The van der Waals surface area contributed by atoms with Gasteiger partial charge in [0.05, 0.1) is 16.4 Å². The first-order chi connectivity index (χ1) is 13.8. The van der Waals surface area contributed by atoms with Crippen LogP contribution in [0.2, 0.25) is 0 Å². The number of hydrogen-bond acceptors (Lipinski definition) is 6. The molecule has 8 nitrogen and oxygen atoms in total. The molecule has 1 N–H and O–H groups in total. The highest BCUT2D eigenvalue weighted by atomic mass is 32.2. The molecule has 0 bridgehead atoms. The first-order valence-electron chi connectivity index (χ1n) is 9.39. The number of hydrogen-bond donors (Lipinski definition) is 1. The van der Waals surface area contributed by atoms with Gasteiger partial charge in [0.2, 0.25) is 10.0 Å². The van der Waals surface area contributed by atoms with Crippen LogP contribution in [-0.4, -0.2) is 43.1 Å². The highest BCUT2D eigenvalue weighted by Gasteiger charge is 2.28. The number of piperidine rings is 1. The van der Waals surface area contributed by atoms with E-state index in [-0.39, 0.29) is 22.9 Å². The quantitative estimate of drug-likeness (QED) is 0.420. The number of nitrogens with one attached hydrogen (secondary N) is 1. The summed E-state index contributed by atoms with van der Waals surface area (Å²) in [6.07, 6.45) is 1.91. The number of anilines is 1. The van der Waals surface area contributed by atoms with Crippen LogP contribution in [0.1, 0.15) is 30.1 Å². The van der Waals surface area contributed by atoms with Gasteiger partial charge in [-0.3, -0.25) is 14.9 Å². The Morgan fingerprint density at radius 3 is 2.41 bits per heavy atom. The van der Waals surface area contributed by atoms with Crippen LogP contribution in [0, 0.1) is 16.0 Å². The molecule has 0 amide bonds. The number of carbonyl (C=O) groups excluding carboxylic acids is 1. The normalized spacial score (nSPS) is 17.6. The van der Waals surface area contributed by atoms with E-state index >= 15 is 0 Å². The van der Waals surface area contributed by atoms with Crippen LogP contribution in [0.4, 0.5) is 11.4 Å². The Bertz CT molecular complexity index is 988. The molecule has 1 aliphatic heterocycles. The zero-order valence-electron chi connectivity index (χ0n) is 16.1. The fourth-order valence-corrected chi connectivity index (χ4v) is 4.91. The van der Waals surface area contributed by atoms with Crippen molar-refractivity contribution in [1.29, 1.82) is 0 Å². The number of nitro groups is 1. The van der Waals surface area contributed by atoms with Crippen molar-refractivity contribution < 1.29 is 18.1 Å². The molecule has 0 aromatic heterocycles. The summed E-state index contributed by atoms with van der Waals surface area (Å²) in [5.74, 6) is 0.129. The molecule has 0 aliphatic carbocycles.